The summed E-state index contributed by atoms with van der Waals surface area (Å²) in [6, 6.07) is 10.5. The number of nitrogens with one attached hydrogen (secondary N) is 2. The Morgan fingerprint density at radius 2 is 2.19 bits per heavy atom. The van der Waals surface area contributed by atoms with Gasteiger partial charge in [0.1, 0.15) is 6.33 Å². The molecule has 2 heterocycles. The Bertz CT molecular complexity index is 594. The third kappa shape index (κ3) is 3.46. The number of benzene rings is 1. The Kier molecular flexibility index (Phi) is 4.57. The van der Waals surface area contributed by atoms with E-state index in [1.807, 2.05) is 18.0 Å². The van der Waals surface area contributed by atoms with Gasteiger partial charge in [-0.3, -0.25) is 0 Å². The first-order chi connectivity index (χ1) is 10.4. The van der Waals surface area contributed by atoms with Gasteiger partial charge < -0.3 is 5.32 Å². The lowest BCUT2D eigenvalue weighted by Gasteiger charge is -2.13. The summed E-state index contributed by atoms with van der Waals surface area (Å²) in [7, 11) is 0. The molecule has 0 radical (unpaired) electrons. The van der Waals surface area contributed by atoms with Crippen LogP contribution < -0.4 is 5.32 Å². The summed E-state index contributed by atoms with van der Waals surface area (Å²) >= 11 is 1.82. The predicted octanol–water partition coefficient (Wildman–Crippen LogP) is 3.35. The van der Waals surface area contributed by atoms with E-state index in [9.17, 15) is 0 Å². The first kappa shape index (κ1) is 14.2. The Morgan fingerprint density at radius 1 is 1.33 bits per heavy atom. The highest BCUT2D eigenvalue weighted by atomic mass is 32.2. The van der Waals surface area contributed by atoms with Crippen LogP contribution in [0.4, 0.5) is 5.95 Å². The van der Waals surface area contributed by atoms with Crippen molar-refractivity contribution in [1.82, 2.24) is 19.5 Å². The second kappa shape index (κ2) is 6.78. The zero-order valence-corrected chi connectivity index (χ0v) is 12.9. The van der Waals surface area contributed by atoms with Crippen LogP contribution in [0.25, 0.3) is 4.91 Å². The second-order valence-electron chi connectivity index (χ2n) is 4.94. The molecule has 2 N–H and O–H groups in total. The van der Waals surface area contributed by atoms with Gasteiger partial charge in [0.25, 0.3) is 0 Å². The lowest BCUT2D eigenvalue weighted by atomic mass is 10.2. The molecule has 3 rings (SSSR count). The van der Waals surface area contributed by atoms with Gasteiger partial charge in [-0.05, 0) is 23.9 Å². The Balaban J connectivity index is 1.81. The quantitative estimate of drug-likeness (QED) is 0.801. The summed E-state index contributed by atoms with van der Waals surface area (Å²) in [5.74, 6) is 0.691. The Hall–Kier alpha value is -1.79. The van der Waals surface area contributed by atoms with Gasteiger partial charge in [-0.25, -0.2) is 9.40 Å². The molecule has 21 heavy (non-hydrogen) atoms. The number of H-pyrrole nitrogens is 1. The number of hydrogen-bond acceptors (Lipinski definition) is 5. The molecule has 0 saturated carbocycles. The minimum Gasteiger partial charge on any atom is -0.326 e. The van der Waals surface area contributed by atoms with Crippen LogP contribution in [0.15, 0.2) is 42.4 Å². The van der Waals surface area contributed by atoms with Gasteiger partial charge in [-0.2, -0.15) is 10.1 Å². The SMILES string of the molecule is CCCCN1CC(Nc2ncn[nH]2)=C(c2ccccc2)S1. The van der Waals surface area contributed by atoms with Gasteiger partial charge in [0.15, 0.2) is 0 Å². The monoisotopic (exact) mass is 301 g/mol. The average Bonchev–Trinajstić information content (AvgIpc) is 3.16. The molecule has 0 fully saturated rings. The van der Waals surface area contributed by atoms with E-state index >= 15 is 0 Å². The summed E-state index contributed by atoms with van der Waals surface area (Å²) in [4.78, 5) is 5.42. The third-order valence-corrected chi connectivity index (χ3v) is 4.54. The highest BCUT2D eigenvalue weighted by Gasteiger charge is 2.24. The molecule has 0 spiro atoms. The molecular formula is C15H19N5S. The first-order valence-electron chi connectivity index (χ1n) is 7.20. The second-order valence-corrected chi connectivity index (χ2v) is 6.05. The van der Waals surface area contributed by atoms with E-state index in [2.05, 4.69) is 56.0 Å². The van der Waals surface area contributed by atoms with Crippen LogP contribution >= 0.6 is 11.9 Å². The number of unbranched alkanes of at least 4 members (excludes halogenated alkanes) is 1. The van der Waals surface area contributed by atoms with Crippen molar-refractivity contribution < 1.29 is 0 Å². The summed E-state index contributed by atoms with van der Waals surface area (Å²) in [5, 5.41) is 10.1. The van der Waals surface area contributed by atoms with Crippen molar-refractivity contribution in [3.05, 3.63) is 47.9 Å². The maximum absolute atomic E-state index is 4.16. The number of hydrogen-bond donors (Lipinski definition) is 2. The molecule has 0 atom stereocenters. The molecule has 6 heteroatoms. The summed E-state index contributed by atoms with van der Waals surface area (Å²) in [5.41, 5.74) is 2.42. The highest BCUT2D eigenvalue weighted by molar-refractivity contribution is 8.06. The van der Waals surface area contributed by atoms with Crippen molar-refractivity contribution in [2.24, 2.45) is 0 Å². The highest BCUT2D eigenvalue weighted by Crippen LogP contribution is 2.40. The maximum Gasteiger partial charge on any atom is 0.222 e. The zero-order valence-electron chi connectivity index (χ0n) is 12.0. The fourth-order valence-corrected chi connectivity index (χ4v) is 3.38. The third-order valence-electron chi connectivity index (χ3n) is 3.31. The summed E-state index contributed by atoms with van der Waals surface area (Å²) < 4.78 is 2.39. The minimum atomic E-state index is 0.691. The Labute approximate surface area is 129 Å². The van der Waals surface area contributed by atoms with Crippen molar-refractivity contribution in [2.75, 3.05) is 18.4 Å². The van der Waals surface area contributed by atoms with E-state index in [0.717, 1.165) is 13.1 Å². The average molecular weight is 301 g/mol. The summed E-state index contributed by atoms with van der Waals surface area (Å²) in [6.07, 6.45) is 3.94. The molecule has 0 aliphatic carbocycles. The molecule has 0 unspecified atom stereocenters. The lowest BCUT2D eigenvalue weighted by Crippen LogP contribution is -2.17. The molecule has 1 aliphatic rings. The maximum atomic E-state index is 4.16. The molecular weight excluding hydrogens is 282 g/mol. The number of nitrogens with zero attached hydrogens (tertiary/aromatic N) is 3. The predicted molar refractivity (Wildman–Crippen MR) is 87.4 cm³/mol. The minimum absolute atomic E-state index is 0.691. The van der Waals surface area contributed by atoms with Crippen molar-refractivity contribution in [3.63, 3.8) is 0 Å². The van der Waals surface area contributed by atoms with Crippen LogP contribution in [0.2, 0.25) is 0 Å². The zero-order chi connectivity index (χ0) is 14.5. The van der Waals surface area contributed by atoms with Crippen LogP contribution in [0.3, 0.4) is 0 Å². The molecule has 1 aromatic carbocycles. The number of aromatic amines is 1. The lowest BCUT2D eigenvalue weighted by molar-refractivity contribution is 0.499. The molecule has 1 aliphatic heterocycles. The van der Waals surface area contributed by atoms with Crippen molar-refractivity contribution in [3.8, 4) is 0 Å². The normalized spacial score (nSPS) is 15.7. The number of aromatic nitrogens is 3. The topological polar surface area (TPSA) is 56.8 Å². The molecule has 0 bridgehead atoms. The van der Waals surface area contributed by atoms with Crippen LogP contribution in [0.5, 0.6) is 0 Å². The molecule has 5 nitrogen and oxygen atoms in total. The number of rotatable bonds is 6. The molecule has 0 saturated heterocycles. The van der Waals surface area contributed by atoms with Crippen molar-refractivity contribution >= 4 is 22.8 Å². The van der Waals surface area contributed by atoms with E-state index in [0.29, 0.717) is 5.95 Å². The van der Waals surface area contributed by atoms with E-state index < -0.39 is 0 Å². The first-order valence-corrected chi connectivity index (χ1v) is 7.98. The van der Waals surface area contributed by atoms with Crippen molar-refractivity contribution in [1.29, 1.82) is 0 Å². The van der Waals surface area contributed by atoms with E-state index in [4.69, 9.17) is 0 Å². The van der Waals surface area contributed by atoms with Crippen LogP contribution in [0, 0.1) is 0 Å². The van der Waals surface area contributed by atoms with Crippen LogP contribution in [0.1, 0.15) is 25.3 Å². The van der Waals surface area contributed by atoms with E-state index in [1.54, 1.807) is 0 Å². The van der Waals surface area contributed by atoms with Gasteiger partial charge >= 0.3 is 0 Å². The molecule has 1 aromatic heterocycles. The fourth-order valence-electron chi connectivity index (χ4n) is 2.25. The fraction of sp³-hybridized carbons (Fsp3) is 0.333. The largest absolute Gasteiger partial charge is 0.326 e. The van der Waals surface area contributed by atoms with Gasteiger partial charge in [-0.1, -0.05) is 43.7 Å². The van der Waals surface area contributed by atoms with Crippen molar-refractivity contribution in [2.45, 2.75) is 19.8 Å². The number of anilines is 1. The van der Waals surface area contributed by atoms with Gasteiger partial charge in [0.05, 0.1) is 11.4 Å². The smallest absolute Gasteiger partial charge is 0.222 e. The molecule has 2 aromatic rings. The Morgan fingerprint density at radius 3 is 2.90 bits per heavy atom. The van der Waals surface area contributed by atoms with E-state index in [1.165, 1.54) is 35.3 Å². The molecule has 110 valence electrons. The summed E-state index contributed by atoms with van der Waals surface area (Å²) in [6.45, 7) is 4.22. The van der Waals surface area contributed by atoms with Crippen LogP contribution in [-0.4, -0.2) is 32.6 Å². The van der Waals surface area contributed by atoms with E-state index in [-0.39, 0.29) is 0 Å². The van der Waals surface area contributed by atoms with Gasteiger partial charge in [0, 0.05) is 12.2 Å². The standard InChI is InChI=1S/C15H19N5S/c1-2-3-9-20-10-13(18-15-16-11-17-19-15)14(21-20)12-7-5-4-6-8-12/h4-8,11H,2-3,9-10H2,1H3,(H2,16,17,18,19). The van der Waals surface area contributed by atoms with Crippen LogP contribution in [-0.2, 0) is 0 Å². The van der Waals surface area contributed by atoms with Gasteiger partial charge in [0.2, 0.25) is 5.95 Å². The molecule has 0 amide bonds. The van der Waals surface area contributed by atoms with Gasteiger partial charge in [-0.15, -0.1) is 0 Å².